The first-order valence-electron chi connectivity index (χ1n) is 7.48. The fraction of sp³-hybridized carbons (Fsp3) is 0.562. The quantitative estimate of drug-likeness (QED) is 0.333. The Kier molecular flexibility index (Phi) is 8.55. The minimum atomic E-state index is 0. The molecule has 1 atom stereocenters. The number of nitrogens with zero attached hydrogens (tertiary/aromatic N) is 1. The summed E-state index contributed by atoms with van der Waals surface area (Å²) in [6.07, 6.45) is 4.24. The predicted molar refractivity (Wildman–Crippen MR) is 99.9 cm³/mol. The van der Waals surface area contributed by atoms with Gasteiger partial charge in [-0.15, -0.1) is 24.0 Å². The Balaban J connectivity index is 0.00000242. The predicted octanol–water partition coefficient (Wildman–Crippen LogP) is 3.17. The van der Waals surface area contributed by atoms with Crippen molar-refractivity contribution in [1.82, 2.24) is 10.6 Å². The minimum Gasteiger partial charge on any atom is -0.464 e. The molecular weight excluding hydrogens is 393 g/mol. The first-order chi connectivity index (χ1) is 10.2. The molecule has 0 fully saturated rings. The van der Waals surface area contributed by atoms with E-state index in [0.29, 0.717) is 0 Å². The normalized spacial score (nSPS) is 16.5. The Morgan fingerprint density at radius 3 is 2.82 bits per heavy atom. The molecule has 0 saturated heterocycles. The van der Waals surface area contributed by atoms with E-state index in [2.05, 4.69) is 28.6 Å². The van der Waals surface area contributed by atoms with Crippen LogP contribution in [0, 0.1) is 6.92 Å². The van der Waals surface area contributed by atoms with Gasteiger partial charge >= 0.3 is 0 Å². The number of aryl methyl sites for hydroxylation is 1. The molecule has 0 bridgehead atoms. The lowest BCUT2D eigenvalue weighted by Crippen LogP contribution is -2.39. The summed E-state index contributed by atoms with van der Waals surface area (Å²) in [5.41, 5.74) is 1.46. The van der Waals surface area contributed by atoms with Gasteiger partial charge in [-0.05, 0) is 38.8 Å². The summed E-state index contributed by atoms with van der Waals surface area (Å²) in [4.78, 5) is 4.25. The van der Waals surface area contributed by atoms with Gasteiger partial charge in [0.1, 0.15) is 11.5 Å². The van der Waals surface area contributed by atoms with E-state index in [1.807, 2.05) is 19.1 Å². The molecule has 2 N–H and O–H groups in total. The second kappa shape index (κ2) is 9.89. The third-order valence-electron chi connectivity index (χ3n) is 3.56. The van der Waals surface area contributed by atoms with Crippen molar-refractivity contribution in [3.8, 4) is 0 Å². The molecule has 22 heavy (non-hydrogen) atoms. The van der Waals surface area contributed by atoms with Crippen LogP contribution in [0.15, 0.2) is 33.2 Å². The van der Waals surface area contributed by atoms with Gasteiger partial charge < -0.3 is 19.8 Å². The Labute approximate surface area is 149 Å². The lowest BCUT2D eigenvalue weighted by molar-refractivity contribution is 0.153. The smallest absolute Gasteiger partial charge is 0.191 e. The second-order valence-electron chi connectivity index (χ2n) is 5.25. The van der Waals surface area contributed by atoms with Crippen LogP contribution >= 0.6 is 24.0 Å². The van der Waals surface area contributed by atoms with Crippen molar-refractivity contribution in [1.29, 1.82) is 0 Å². The summed E-state index contributed by atoms with van der Waals surface area (Å²) in [5, 5.41) is 6.67. The molecule has 0 spiro atoms. The molecule has 1 aliphatic rings. The summed E-state index contributed by atoms with van der Waals surface area (Å²) in [7, 11) is 1.78. The average molecular weight is 419 g/mol. The van der Waals surface area contributed by atoms with Crippen molar-refractivity contribution in [2.24, 2.45) is 4.99 Å². The highest BCUT2D eigenvalue weighted by atomic mass is 127. The summed E-state index contributed by atoms with van der Waals surface area (Å²) in [5.74, 6) is 2.64. The molecular formula is C16H26IN3O2. The van der Waals surface area contributed by atoms with Crippen LogP contribution in [0.3, 0.4) is 0 Å². The van der Waals surface area contributed by atoms with Gasteiger partial charge in [-0.2, -0.15) is 0 Å². The van der Waals surface area contributed by atoms with Crippen LogP contribution in [0.4, 0.5) is 0 Å². The molecule has 5 nitrogen and oxygen atoms in total. The summed E-state index contributed by atoms with van der Waals surface area (Å²) >= 11 is 0. The van der Waals surface area contributed by atoms with Crippen LogP contribution in [-0.4, -0.2) is 32.8 Å². The molecule has 1 aromatic heterocycles. The average Bonchev–Trinajstić information content (AvgIpc) is 2.94. The lowest BCUT2D eigenvalue weighted by atomic mass is 10.1. The number of ether oxygens (including phenoxy) is 1. The molecule has 1 aliphatic heterocycles. The zero-order valence-corrected chi connectivity index (χ0v) is 15.8. The van der Waals surface area contributed by atoms with Crippen LogP contribution in [0.5, 0.6) is 0 Å². The largest absolute Gasteiger partial charge is 0.464 e. The van der Waals surface area contributed by atoms with Crippen LogP contribution in [0.2, 0.25) is 0 Å². The van der Waals surface area contributed by atoms with Gasteiger partial charge in [0.15, 0.2) is 5.96 Å². The third-order valence-corrected chi connectivity index (χ3v) is 3.56. The molecule has 0 radical (unpaired) electrons. The van der Waals surface area contributed by atoms with Crippen LogP contribution in [-0.2, 0) is 4.74 Å². The standard InChI is InChI=1S/C16H25N3O2.HI/c1-12-4-5-15(21-12)13(2)19-16(17-3)18-9-6-14-7-10-20-11-8-14;/h4-5,7,13H,6,8-11H2,1-3H3,(H2,17,18,19);1H. The van der Waals surface area contributed by atoms with E-state index in [4.69, 9.17) is 9.15 Å². The molecule has 0 amide bonds. The Morgan fingerprint density at radius 2 is 2.23 bits per heavy atom. The van der Waals surface area contributed by atoms with Gasteiger partial charge in [-0.25, -0.2) is 0 Å². The van der Waals surface area contributed by atoms with E-state index < -0.39 is 0 Å². The maximum absolute atomic E-state index is 5.62. The number of rotatable bonds is 5. The topological polar surface area (TPSA) is 58.8 Å². The number of guanidine groups is 1. The zero-order valence-electron chi connectivity index (χ0n) is 13.5. The lowest BCUT2D eigenvalue weighted by Gasteiger charge is -2.18. The first-order valence-corrected chi connectivity index (χ1v) is 7.48. The van der Waals surface area contributed by atoms with E-state index in [1.165, 1.54) is 5.57 Å². The highest BCUT2D eigenvalue weighted by Crippen LogP contribution is 2.15. The van der Waals surface area contributed by atoms with Crippen LogP contribution in [0.25, 0.3) is 0 Å². The number of hydrogen-bond acceptors (Lipinski definition) is 3. The number of halogens is 1. The fourth-order valence-electron chi connectivity index (χ4n) is 2.29. The van der Waals surface area contributed by atoms with Crippen molar-refractivity contribution in [2.75, 3.05) is 26.8 Å². The van der Waals surface area contributed by atoms with E-state index >= 15 is 0 Å². The highest BCUT2D eigenvalue weighted by Gasteiger charge is 2.11. The number of hydrogen-bond donors (Lipinski definition) is 2. The maximum Gasteiger partial charge on any atom is 0.191 e. The number of aliphatic imine (C=N–C) groups is 1. The number of furan rings is 1. The molecule has 1 unspecified atom stereocenters. The Bertz CT molecular complexity index is 511. The van der Waals surface area contributed by atoms with E-state index in [0.717, 1.165) is 50.1 Å². The second-order valence-corrected chi connectivity index (χ2v) is 5.25. The fourth-order valence-corrected chi connectivity index (χ4v) is 2.29. The SMILES string of the molecule is CN=C(NCCC1=CCOCC1)NC(C)c1ccc(C)o1.I. The van der Waals surface area contributed by atoms with Crippen molar-refractivity contribution in [3.63, 3.8) is 0 Å². The van der Waals surface area contributed by atoms with Gasteiger partial charge in [-0.3, -0.25) is 4.99 Å². The van der Waals surface area contributed by atoms with E-state index in [-0.39, 0.29) is 30.0 Å². The van der Waals surface area contributed by atoms with E-state index in [9.17, 15) is 0 Å². The van der Waals surface area contributed by atoms with Gasteiger partial charge in [0.25, 0.3) is 0 Å². The maximum atomic E-state index is 5.62. The Morgan fingerprint density at radius 1 is 1.41 bits per heavy atom. The molecule has 0 aliphatic carbocycles. The Hall–Kier alpha value is -1.02. The van der Waals surface area contributed by atoms with Crippen molar-refractivity contribution in [2.45, 2.75) is 32.7 Å². The molecule has 0 saturated carbocycles. The van der Waals surface area contributed by atoms with Crippen LogP contribution < -0.4 is 10.6 Å². The van der Waals surface area contributed by atoms with Crippen LogP contribution in [0.1, 0.15) is 37.3 Å². The van der Waals surface area contributed by atoms with Crippen molar-refractivity contribution >= 4 is 29.9 Å². The van der Waals surface area contributed by atoms with Gasteiger partial charge in [0.05, 0.1) is 19.3 Å². The monoisotopic (exact) mass is 419 g/mol. The molecule has 2 rings (SSSR count). The molecule has 2 heterocycles. The molecule has 124 valence electrons. The zero-order chi connectivity index (χ0) is 15.1. The van der Waals surface area contributed by atoms with E-state index in [1.54, 1.807) is 7.05 Å². The minimum absolute atomic E-state index is 0. The van der Waals surface area contributed by atoms with Crippen molar-refractivity contribution < 1.29 is 9.15 Å². The molecule has 1 aromatic rings. The molecule has 6 heteroatoms. The van der Waals surface area contributed by atoms with Gasteiger partial charge in [0.2, 0.25) is 0 Å². The summed E-state index contributed by atoms with van der Waals surface area (Å²) in [6.45, 7) is 6.47. The summed E-state index contributed by atoms with van der Waals surface area (Å²) in [6, 6.07) is 4.06. The van der Waals surface area contributed by atoms with Gasteiger partial charge in [-0.1, -0.05) is 11.6 Å². The van der Waals surface area contributed by atoms with Crippen molar-refractivity contribution in [3.05, 3.63) is 35.3 Å². The first kappa shape index (κ1) is 19.0. The molecule has 0 aromatic carbocycles. The van der Waals surface area contributed by atoms with Gasteiger partial charge in [0, 0.05) is 13.6 Å². The summed E-state index contributed by atoms with van der Waals surface area (Å²) < 4.78 is 10.9. The number of nitrogens with one attached hydrogen (secondary N) is 2. The highest BCUT2D eigenvalue weighted by molar-refractivity contribution is 14.0. The third kappa shape index (κ3) is 6.00.